The van der Waals surface area contributed by atoms with E-state index in [4.69, 9.17) is 0 Å². The van der Waals surface area contributed by atoms with Gasteiger partial charge in [0.2, 0.25) is 11.8 Å². The van der Waals surface area contributed by atoms with Gasteiger partial charge in [0.25, 0.3) is 0 Å². The Balaban J connectivity index is 3.29. The predicted octanol–water partition coefficient (Wildman–Crippen LogP) is 11.5. The van der Waals surface area contributed by atoms with Gasteiger partial charge in [-0.25, -0.2) is 0 Å². The first-order chi connectivity index (χ1) is 22.1. The van der Waals surface area contributed by atoms with Crippen molar-refractivity contribution in [3.05, 3.63) is 0 Å². The molecule has 0 aromatic carbocycles. The second-order valence-corrected chi connectivity index (χ2v) is 14.0. The number of nitrogens with one attached hydrogen (secondary N) is 2. The number of amides is 2. The average molecular weight is 637 g/mol. The van der Waals surface area contributed by atoms with Crippen LogP contribution >= 0.6 is 0 Å². The van der Waals surface area contributed by atoms with Crippen LogP contribution in [0.3, 0.4) is 0 Å². The summed E-state index contributed by atoms with van der Waals surface area (Å²) < 4.78 is 0. The van der Waals surface area contributed by atoms with Crippen LogP contribution in [-0.4, -0.2) is 36.1 Å². The first-order valence-corrected chi connectivity index (χ1v) is 20.3. The largest absolute Gasteiger partial charge is 0.393 e. The number of hydrogen-bond donors (Lipinski definition) is 3. The molecule has 268 valence electrons. The van der Waals surface area contributed by atoms with Crippen molar-refractivity contribution >= 4 is 11.8 Å². The minimum absolute atomic E-state index is 0.0905. The zero-order chi connectivity index (χ0) is 32.9. The average Bonchev–Trinajstić information content (AvgIpc) is 3.03. The predicted molar refractivity (Wildman–Crippen MR) is 196 cm³/mol. The number of unbranched alkanes of at least 4 members (excludes halogenated alkanes) is 25. The summed E-state index contributed by atoms with van der Waals surface area (Å²) in [6, 6.07) is 0. The fourth-order valence-corrected chi connectivity index (χ4v) is 6.22. The third kappa shape index (κ3) is 37.2. The summed E-state index contributed by atoms with van der Waals surface area (Å²) in [5, 5.41) is 16.1. The second-order valence-electron chi connectivity index (χ2n) is 14.0. The molecule has 5 heteroatoms. The number of carbonyl (C=O) groups is 2. The molecule has 0 spiro atoms. The molecular weight excluding hydrogens is 556 g/mol. The summed E-state index contributed by atoms with van der Waals surface area (Å²) in [6.07, 6.45) is 39.6. The first kappa shape index (κ1) is 43.9. The third-order valence-corrected chi connectivity index (χ3v) is 9.34. The molecule has 0 saturated carbocycles. The summed E-state index contributed by atoms with van der Waals surface area (Å²) in [5.74, 6) is 0.348. The van der Waals surface area contributed by atoms with Gasteiger partial charge >= 0.3 is 0 Å². The minimum Gasteiger partial charge on any atom is -0.393 e. The molecule has 0 heterocycles. The highest BCUT2D eigenvalue weighted by Gasteiger charge is 2.05. The van der Waals surface area contributed by atoms with Crippen LogP contribution in [0.1, 0.15) is 226 Å². The lowest BCUT2D eigenvalue weighted by Crippen LogP contribution is -2.27. The van der Waals surface area contributed by atoms with Crippen molar-refractivity contribution in [2.24, 2.45) is 0 Å². The quantitative estimate of drug-likeness (QED) is 0.0594. The lowest BCUT2D eigenvalue weighted by Gasteiger charge is -2.10. The molecule has 0 aliphatic rings. The molecule has 2 amide bonds. The van der Waals surface area contributed by atoms with E-state index in [0.29, 0.717) is 25.9 Å². The number of carbonyl (C=O) groups excluding carboxylic acids is 2. The van der Waals surface area contributed by atoms with Gasteiger partial charge in [-0.1, -0.05) is 174 Å². The van der Waals surface area contributed by atoms with Crippen molar-refractivity contribution in [3.8, 4) is 0 Å². The fourth-order valence-electron chi connectivity index (χ4n) is 6.22. The van der Waals surface area contributed by atoms with Crippen LogP contribution in [0.15, 0.2) is 0 Å². The minimum atomic E-state index is -0.0905. The molecule has 0 aliphatic heterocycles. The summed E-state index contributed by atoms with van der Waals surface area (Å²) in [6.45, 7) is 5.93. The van der Waals surface area contributed by atoms with Crippen LogP contribution in [0.25, 0.3) is 0 Å². The van der Waals surface area contributed by atoms with Crippen LogP contribution in [-0.2, 0) is 9.59 Å². The number of aliphatic hydroxyl groups is 1. The Kier molecular flexibility index (Phi) is 36.4. The Hall–Kier alpha value is -1.10. The van der Waals surface area contributed by atoms with E-state index in [1.807, 2.05) is 0 Å². The van der Waals surface area contributed by atoms with Gasteiger partial charge in [-0.05, 0) is 38.5 Å². The smallest absolute Gasteiger partial charge is 0.219 e. The van der Waals surface area contributed by atoms with E-state index in [-0.39, 0.29) is 17.9 Å². The summed E-state index contributed by atoms with van der Waals surface area (Å²) >= 11 is 0. The fraction of sp³-hybridized carbons (Fsp3) is 0.950. The normalized spacial score (nSPS) is 12.0. The van der Waals surface area contributed by atoms with E-state index in [9.17, 15) is 14.7 Å². The number of hydrogen-bond acceptors (Lipinski definition) is 3. The molecule has 0 aliphatic carbocycles. The Morgan fingerprint density at radius 2 is 0.667 bits per heavy atom. The van der Waals surface area contributed by atoms with Crippen molar-refractivity contribution in [2.45, 2.75) is 232 Å². The number of rotatable bonds is 37. The van der Waals surface area contributed by atoms with E-state index in [1.54, 1.807) is 0 Å². The van der Waals surface area contributed by atoms with Crippen molar-refractivity contribution < 1.29 is 14.7 Å². The Morgan fingerprint density at radius 1 is 0.400 bits per heavy atom. The van der Waals surface area contributed by atoms with Gasteiger partial charge in [0.15, 0.2) is 0 Å². The van der Waals surface area contributed by atoms with E-state index in [1.165, 1.54) is 148 Å². The zero-order valence-electron chi connectivity index (χ0n) is 30.6. The third-order valence-electron chi connectivity index (χ3n) is 9.34. The van der Waals surface area contributed by atoms with Gasteiger partial charge in [0.05, 0.1) is 6.10 Å². The highest BCUT2D eigenvalue weighted by Crippen LogP contribution is 2.15. The molecule has 0 bridgehead atoms. The maximum absolute atomic E-state index is 12.1. The molecule has 1 atom stereocenters. The van der Waals surface area contributed by atoms with E-state index < -0.39 is 0 Å². The molecule has 45 heavy (non-hydrogen) atoms. The van der Waals surface area contributed by atoms with Crippen molar-refractivity contribution in [1.82, 2.24) is 10.6 Å². The summed E-state index contributed by atoms with van der Waals surface area (Å²) in [5.41, 5.74) is 0. The van der Waals surface area contributed by atoms with E-state index in [2.05, 4.69) is 24.5 Å². The Morgan fingerprint density at radius 3 is 1.00 bits per heavy atom. The summed E-state index contributed by atoms with van der Waals surface area (Å²) in [7, 11) is 0. The van der Waals surface area contributed by atoms with Crippen LogP contribution in [0.2, 0.25) is 0 Å². The molecule has 1 unspecified atom stereocenters. The Labute approximate surface area is 281 Å². The molecule has 0 saturated heterocycles. The monoisotopic (exact) mass is 637 g/mol. The maximum atomic E-state index is 12.1. The summed E-state index contributed by atoms with van der Waals surface area (Å²) in [4.78, 5) is 24.1. The molecule has 0 fully saturated rings. The highest BCUT2D eigenvalue weighted by atomic mass is 16.3. The number of aliphatic hydroxyl groups excluding tert-OH is 1. The van der Waals surface area contributed by atoms with Crippen LogP contribution in [0, 0.1) is 0 Å². The molecule has 0 aromatic rings. The molecule has 0 radical (unpaired) electrons. The zero-order valence-corrected chi connectivity index (χ0v) is 30.6. The van der Waals surface area contributed by atoms with Crippen LogP contribution in [0.4, 0.5) is 0 Å². The van der Waals surface area contributed by atoms with Gasteiger partial charge in [0, 0.05) is 25.9 Å². The van der Waals surface area contributed by atoms with Gasteiger partial charge in [-0.15, -0.1) is 0 Å². The van der Waals surface area contributed by atoms with E-state index >= 15 is 0 Å². The first-order valence-electron chi connectivity index (χ1n) is 20.3. The molecule has 0 aromatic heterocycles. The van der Waals surface area contributed by atoms with Crippen molar-refractivity contribution in [1.29, 1.82) is 0 Å². The van der Waals surface area contributed by atoms with E-state index in [0.717, 1.165) is 51.4 Å². The van der Waals surface area contributed by atoms with Gasteiger partial charge in [-0.3, -0.25) is 9.59 Å². The molecule has 0 rings (SSSR count). The highest BCUT2D eigenvalue weighted by molar-refractivity contribution is 5.76. The standard InChI is InChI=1S/C40H80N2O3/c1-3-5-7-9-10-11-12-13-14-15-16-17-21-24-28-34-39(44)41-36-30-31-37-42-40(45)35-29-25-22-19-18-20-23-27-33-38(43)32-26-8-6-4-2/h38,43H,3-37H2,1-2H3,(H,41,44)(H,42,45). The van der Waals surface area contributed by atoms with Crippen LogP contribution in [0.5, 0.6) is 0 Å². The second kappa shape index (κ2) is 37.4. The van der Waals surface area contributed by atoms with Crippen molar-refractivity contribution in [3.63, 3.8) is 0 Å². The SMILES string of the molecule is CCCCCCCCCCCCCCCCCC(=O)NCCCCNC(=O)CCCCCCCCCCC(O)CCCCCC. The van der Waals surface area contributed by atoms with Crippen molar-refractivity contribution in [2.75, 3.05) is 13.1 Å². The van der Waals surface area contributed by atoms with Gasteiger partial charge in [0.1, 0.15) is 0 Å². The molecular formula is C40H80N2O3. The lowest BCUT2D eigenvalue weighted by molar-refractivity contribution is -0.122. The molecule has 5 nitrogen and oxygen atoms in total. The Bertz CT molecular complexity index is 612. The maximum Gasteiger partial charge on any atom is 0.219 e. The van der Waals surface area contributed by atoms with Gasteiger partial charge in [-0.2, -0.15) is 0 Å². The topological polar surface area (TPSA) is 78.4 Å². The van der Waals surface area contributed by atoms with Gasteiger partial charge < -0.3 is 15.7 Å². The van der Waals surface area contributed by atoms with Crippen LogP contribution < -0.4 is 10.6 Å². The molecule has 3 N–H and O–H groups in total. The lowest BCUT2D eigenvalue weighted by atomic mass is 10.0.